The van der Waals surface area contributed by atoms with Gasteiger partial charge in [-0.1, -0.05) is 35.9 Å². The molecule has 2 aromatic carbocycles. The van der Waals surface area contributed by atoms with Crippen molar-refractivity contribution in [1.82, 2.24) is 20.2 Å². The Morgan fingerprint density at radius 2 is 2.11 bits per heavy atom. The van der Waals surface area contributed by atoms with Crippen molar-refractivity contribution < 1.29 is 14.3 Å². The number of fused-ring (bicyclic) bond motifs is 2. The molecule has 0 spiro atoms. The van der Waals surface area contributed by atoms with E-state index in [-0.39, 0.29) is 27.7 Å². The second-order valence-electron chi connectivity index (χ2n) is 9.17. The van der Waals surface area contributed by atoms with Crippen LogP contribution in [0.2, 0.25) is 5.02 Å². The molecule has 0 bridgehead atoms. The van der Waals surface area contributed by atoms with Gasteiger partial charge in [0, 0.05) is 30.6 Å². The molecule has 1 aliphatic heterocycles. The van der Waals surface area contributed by atoms with Crippen molar-refractivity contribution in [2.45, 2.75) is 11.8 Å². The number of piperidine rings is 1. The van der Waals surface area contributed by atoms with Gasteiger partial charge in [0.15, 0.2) is 5.65 Å². The minimum Gasteiger partial charge on any atom is -0.478 e. The standard InChI is InChI=1S/C25H22ClFN6O2/c26-18-9-13(24(34)35)5-6-14(18)21-22-23(32-31-21)30-20(10-29-22)33-8-7-15-17(11-33)25(15,12-28)16-3-1-2-4-19(16)27/h1-6,9-10,15,17H,7-8,11-12,28H2,(H,34,35)(H,30,31,32)/t15-,17+,25-/m1/s1. The maximum Gasteiger partial charge on any atom is 0.335 e. The number of halogens is 2. The summed E-state index contributed by atoms with van der Waals surface area (Å²) in [5, 5.41) is 16.7. The van der Waals surface area contributed by atoms with E-state index in [0.717, 1.165) is 19.5 Å². The lowest BCUT2D eigenvalue weighted by Gasteiger charge is -2.26. The Balaban J connectivity index is 1.28. The Labute approximate surface area is 204 Å². The summed E-state index contributed by atoms with van der Waals surface area (Å²) in [5.74, 6) is 0.0689. The molecule has 2 aromatic heterocycles. The highest BCUT2D eigenvalue weighted by Gasteiger charge is 2.66. The first-order valence-corrected chi connectivity index (χ1v) is 11.8. The highest BCUT2D eigenvalue weighted by Crippen LogP contribution is 2.63. The van der Waals surface area contributed by atoms with E-state index in [1.54, 1.807) is 18.3 Å². The smallest absolute Gasteiger partial charge is 0.335 e. The summed E-state index contributed by atoms with van der Waals surface area (Å²) in [6.07, 6.45) is 2.60. The van der Waals surface area contributed by atoms with Crippen LogP contribution in [0.1, 0.15) is 22.3 Å². The van der Waals surface area contributed by atoms with Gasteiger partial charge >= 0.3 is 5.97 Å². The Hall–Kier alpha value is -3.56. The molecule has 35 heavy (non-hydrogen) atoms. The average molecular weight is 493 g/mol. The fourth-order valence-electron chi connectivity index (χ4n) is 5.81. The number of aromatic carboxylic acids is 1. The molecule has 2 aliphatic rings. The molecule has 10 heteroatoms. The summed E-state index contributed by atoms with van der Waals surface area (Å²) in [4.78, 5) is 22.7. The quantitative estimate of drug-likeness (QED) is 0.386. The van der Waals surface area contributed by atoms with Crippen molar-refractivity contribution in [1.29, 1.82) is 0 Å². The number of benzene rings is 2. The molecule has 0 unspecified atom stereocenters. The van der Waals surface area contributed by atoms with Gasteiger partial charge in [0.05, 0.1) is 16.8 Å². The third-order valence-corrected chi connectivity index (χ3v) is 7.91. The molecule has 0 amide bonds. The number of carboxylic acid groups (broad SMARTS) is 1. The molecule has 3 heterocycles. The minimum atomic E-state index is -1.05. The van der Waals surface area contributed by atoms with Crippen LogP contribution >= 0.6 is 11.6 Å². The van der Waals surface area contributed by atoms with E-state index in [0.29, 0.717) is 46.3 Å². The maximum atomic E-state index is 14.6. The lowest BCUT2D eigenvalue weighted by Crippen LogP contribution is -2.32. The van der Waals surface area contributed by atoms with Gasteiger partial charge in [0.1, 0.15) is 22.8 Å². The van der Waals surface area contributed by atoms with E-state index in [1.807, 2.05) is 12.1 Å². The first-order valence-electron chi connectivity index (χ1n) is 11.4. The van der Waals surface area contributed by atoms with Crippen molar-refractivity contribution in [3.63, 3.8) is 0 Å². The zero-order valence-corrected chi connectivity index (χ0v) is 19.3. The van der Waals surface area contributed by atoms with Gasteiger partial charge in [-0.15, -0.1) is 0 Å². The van der Waals surface area contributed by atoms with Crippen LogP contribution in [-0.4, -0.2) is 50.9 Å². The van der Waals surface area contributed by atoms with E-state index < -0.39 is 5.97 Å². The highest BCUT2D eigenvalue weighted by molar-refractivity contribution is 6.34. The molecular formula is C25H22ClFN6O2. The SMILES string of the molecule is NC[C@]1(c2ccccc2F)[C@@H]2CCN(c3cnc4c(-c5ccc(C(=O)O)cc5Cl)n[nH]c4n3)C[C@@H]21. The van der Waals surface area contributed by atoms with Gasteiger partial charge in [-0.3, -0.25) is 5.10 Å². The normalized spacial score (nSPS) is 23.3. The number of aromatic nitrogens is 4. The number of carbonyl (C=O) groups is 1. The molecular weight excluding hydrogens is 471 g/mol. The summed E-state index contributed by atoms with van der Waals surface area (Å²) in [6, 6.07) is 11.4. The van der Waals surface area contributed by atoms with Crippen LogP contribution in [0.25, 0.3) is 22.4 Å². The average Bonchev–Trinajstić information content (AvgIpc) is 3.33. The fraction of sp³-hybridized carbons (Fsp3) is 0.280. The molecule has 6 rings (SSSR count). The predicted octanol–water partition coefficient (Wildman–Crippen LogP) is 3.86. The number of nitrogens with two attached hydrogens (primary N) is 1. The van der Waals surface area contributed by atoms with Crippen LogP contribution in [0.5, 0.6) is 0 Å². The maximum absolute atomic E-state index is 14.6. The molecule has 4 N–H and O–H groups in total. The summed E-state index contributed by atoms with van der Waals surface area (Å²) >= 11 is 6.33. The third kappa shape index (κ3) is 3.30. The van der Waals surface area contributed by atoms with Gasteiger partial charge in [0.25, 0.3) is 0 Å². The summed E-state index contributed by atoms with van der Waals surface area (Å²) < 4.78 is 14.6. The number of anilines is 1. The van der Waals surface area contributed by atoms with E-state index >= 15 is 0 Å². The number of hydrogen-bond donors (Lipinski definition) is 3. The summed E-state index contributed by atoms with van der Waals surface area (Å²) in [7, 11) is 0. The predicted molar refractivity (Wildman–Crippen MR) is 130 cm³/mol. The molecule has 3 atom stereocenters. The summed E-state index contributed by atoms with van der Waals surface area (Å²) in [6.45, 7) is 1.91. The number of rotatable bonds is 5. The van der Waals surface area contributed by atoms with Crippen LogP contribution in [0.3, 0.4) is 0 Å². The van der Waals surface area contributed by atoms with Crippen molar-refractivity contribution >= 4 is 34.6 Å². The first-order chi connectivity index (χ1) is 16.9. The van der Waals surface area contributed by atoms with Crippen LogP contribution in [0.15, 0.2) is 48.7 Å². The van der Waals surface area contributed by atoms with Crippen LogP contribution in [0.4, 0.5) is 10.2 Å². The van der Waals surface area contributed by atoms with Crippen molar-refractivity contribution in [2.24, 2.45) is 17.6 Å². The molecule has 1 saturated heterocycles. The Bertz CT molecular complexity index is 1480. The Kier molecular flexibility index (Phi) is 5.01. The summed E-state index contributed by atoms with van der Waals surface area (Å²) in [5.41, 5.74) is 8.81. The Morgan fingerprint density at radius 1 is 1.29 bits per heavy atom. The molecule has 2 fully saturated rings. The lowest BCUT2D eigenvalue weighted by molar-refractivity contribution is 0.0697. The van der Waals surface area contributed by atoms with Crippen molar-refractivity contribution in [2.75, 3.05) is 24.5 Å². The van der Waals surface area contributed by atoms with Gasteiger partial charge in [-0.05, 0) is 42.0 Å². The lowest BCUT2D eigenvalue weighted by atomic mass is 9.91. The first kappa shape index (κ1) is 21.9. The monoisotopic (exact) mass is 492 g/mol. The second-order valence-corrected chi connectivity index (χ2v) is 9.58. The van der Waals surface area contributed by atoms with E-state index in [4.69, 9.17) is 22.3 Å². The van der Waals surface area contributed by atoms with Gasteiger partial charge in [-0.25, -0.2) is 19.2 Å². The third-order valence-electron chi connectivity index (χ3n) is 7.59. The molecule has 178 valence electrons. The van der Waals surface area contributed by atoms with Gasteiger partial charge in [0.2, 0.25) is 0 Å². The molecule has 1 aliphatic carbocycles. The number of nitrogens with one attached hydrogen (secondary N) is 1. The zero-order chi connectivity index (χ0) is 24.3. The number of H-pyrrole nitrogens is 1. The fourth-order valence-corrected chi connectivity index (χ4v) is 6.08. The van der Waals surface area contributed by atoms with E-state index in [1.165, 1.54) is 18.2 Å². The molecule has 4 aromatic rings. The van der Waals surface area contributed by atoms with Crippen LogP contribution in [-0.2, 0) is 5.41 Å². The Morgan fingerprint density at radius 3 is 2.86 bits per heavy atom. The van der Waals surface area contributed by atoms with Gasteiger partial charge in [-0.2, -0.15) is 5.10 Å². The highest BCUT2D eigenvalue weighted by atomic mass is 35.5. The number of aromatic amines is 1. The van der Waals surface area contributed by atoms with Crippen molar-refractivity contribution in [3.8, 4) is 11.3 Å². The van der Waals surface area contributed by atoms with Gasteiger partial charge < -0.3 is 15.7 Å². The number of nitrogens with zero attached hydrogens (tertiary/aromatic N) is 4. The van der Waals surface area contributed by atoms with Crippen LogP contribution in [0, 0.1) is 17.7 Å². The topological polar surface area (TPSA) is 121 Å². The molecule has 1 saturated carbocycles. The van der Waals surface area contributed by atoms with E-state index in [2.05, 4.69) is 20.1 Å². The number of carboxylic acids is 1. The minimum absolute atomic E-state index is 0.0966. The largest absolute Gasteiger partial charge is 0.478 e. The second kappa shape index (κ2) is 8.00. The van der Waals surface area contributed by atoms with E-state index in [9.17, 15) is 14.3 Å². The van der Waals surface area contributed by atoms with Crippen molar-refractivity contribution in [3.05, 3.63) is 70.6 Å². The molecule has 0 radical (unpaired) electrons. The van der Waals surface area contributed by atoms with Crippen LogP contribution < -0.4 is 10.6 Å². The molecule has 8 nitrogen and oxygen atoms in total. The number of hydrogen-bond acceptors (Lipinski definition) is 6. The zero-order valence-electron chi connectivity index (χ0n) is 18.6.